The first-order valence-corrected chi connectivity index (χ1v) is 8.21. The van der Waals surface area contributed by atoms with E-state index in [2.05, 4.69) is 5.32 Å². The van der Waals surface area contributed by atoms with Gasteiger partial charge in [-0.2, -0.15) is 0 Å². The van der Waals surface area contributed by atoms with Crippen molar-refractivity contribution >= 4 is 11.9 Å². The zero-order chi connectivity index (χ0) is 15.6. The van der Waals surface area contributed by atoms with Crippen LogP contribution in [0.5, 0.6) is 0 Å². The van der Waals surface area contributed by atoms with Crippen molar-refractivity contribution in [2.24, 2.45) is 5.41 Å². The van der Waals surface area contributed by atoms with E-state index in [4.69, 9.17) is 5.11 Å². The monoisotopic (exact) mass is 301 g/mol. The van der Waals surface area contributed by atoms with Gasteiger partial charge in [-0.05, 0) is 48.8 Å². The lowest BCUT2D eigenvalue weighted by molar-refractivity contribution is -0.121. The number of carbonyl (C=O) groups is 2. The van der Waals surface area contributed by atoms with Gasteiger partial charge in [-0.15, -0.1) is 0 Å². The Kier molecular flexibility index (Phi) is 4.19. The van der Waals surface area contributed by atoms with E-state index in [9.17, 15) is 9.59 Å². The number of carboxylic acids is 1. The number of rotatable bonds is 5. The van der Waals surface area contributed by atoms with Crippen LogP contribution in [0.3, 0.4) is 0 Å². The van der Waals surface area contributed by atoms with E-state index in [0.29, 0.717) is 24.3 Å². The third kappa shape index (κ3) is 3.32. The van der Waals surface area contributed by atoms with Crippen molar-refractivity contribution in [1.82, 2.24) is 5.32 Å². The molecule has 0 saturated heterocycles. The molecule has 1 unspecified atom stereocenters. The second-order valence-corrected chi connectivity index (χ2v) is 6.75. The highest BCUT2D eigenvalue weighted by atomic mass is 16.4. The van der Waals surface area contributed by atoms with Gasteiger partial charge in [-0.25, -0.2) is 4.79 Å². The lowest BCUT2D eigenvalue weighted by atomic mass is 9.86. The van der Waals surface area contributed by atoms with Crippen molar-refractivity contribution in [3.8, 4) is 0 Å². The number of nitrogens with one attached hydrogen (secondary N) is 1. The molecule has 1 amide bonds. The minimum atomic E-state index is -0.921. The first kappa shape index (κ1) is 15.1. The summed E-state index contributed by atoms with van der Waals surface area (Å²) in [5.41, 5.74) is 1.71. The normalized spacial score (nSPS) is 22.3. The fourth-order valence-electron chi connectivity index (χ4n) is 3.70. The highest BCUT2D eigenvalue weighted by Crippen LogP contribution is 2.56. The number of hydrogen-bond donors (Lipinski definition) is 2. The van der Waals surface area contributed by atoms with E-state index in [0.717, 1.165) is 12.0 Å². The maximum absolute atomic E-state index is 12.1. The van der Waals surface area contributed by atoms with Crippen molar-refractivity contribution in [1.29, 1.82) is 0 Å². The molecule has 0 aliphatic heterocycles. The van der Waals surface area contributed by atoms with Crippen LogP contribution in [0.2, 0.25) is 0 Å². The van der Waals surface area contributed by atoms with Gasteiger partial charge in [0.1, 0.15) is 0 Å². The molecule has 1 aromatic carbocycles. The summed E-state index contributed by atoms with van der Waals surface area (Å²) in [4.78, 5) is 22.9. The first-order valence-electron chi connectivity index (χ1n) is 8.21. The average Bonchev–Trinajstić information content (AvgIpc) is 3.17. The maximum atomic E-state index is 12.1. The SMILES string of the molecule is O=C(CCc1ccc(C(=O)O)cc1)NC1CC12CCCCC2. The number of aromatic carboxylic acids is 1. The lowest BCUT2D eigenvalue weighted by Gasteiger charge is -2.22. The fourth-order valence-corrected chi connectivity index (χ4v) is 3.70. The number of carbonyl (C=O) groups excluding carboxylic acids is 1. The molecule has 118 valence electrons. The van der Waals surface area contributed by atoms with Crippen molar-refractivity contribution < 1.29 is 14.7 Å². The Bertz CT molecular complexity index is 558. The van der Waals surface area contributed by atoms with Gasteiger partial charge >= 0.3 is 5.97 Å². The molecular formula is C18H23NO3. The molecule has 0 aromatic heterocycles. The van der Waals surface area contributed by atoms with Crippen molar-refractivity contribution in [3.63, 3.8) is 0 Å². The quantitative estimate of drug-likeness (QED) is 0.878. The zero-order valence-electron chi connectivity index (χ0n) is 12.8. The van der Waals surface area contributed by atoms with Crippen molar-refractivity contribution in [2.75, 3.05) is 0 Å². The smallest absolute Gasteiger partial charge is 0.335 e. The molecule has 4 nitrogen and oxygen atoms in total. The van der Waals surface area contributed by atoms with E-state index in [1.54, 1.807) is 24.3 Å². The molecule has 4 heteroatoms. The Balaban J connectivity index is 1.44. The van der Waals surface area contributed by atoms with Gasteiger partial charge in [0.2, 0.25) is 5.91 Å². The number of aryl methyl sites for hydroxylation is 1. The van der Waals surface area contributed by atoms with E-state index in [-0.39, 0.29) is 11.5 Å². The van der Waals surface area contributed by atoms with Gasteiger partial charge in [0.25, 0.3) is 0 Å². The molecule has 22 heavy (non-hydrogen) atoms. The molecule has 2 saturated carbocycles. The Labute approximate surface area is 130 Å². The Hall–Kier alpha value is -1.84. The number of carboxylic acid groups (broad SMARTS) is 1. The van der Waals surface area contributed by atoms with Crippen LogP contribution in [-0.4, -0.2) is 23.0 Å². The molecule has 2 aliphatic carbocycles. The zero-order valence-corrected chi connectivity index (χ0v) is 12.8. The molecule has 0 radical (unpaired) electrons. The van der Waals surface area contributed by atoms with Gasteiger partial charge in [-0.3, -0.25) is 4.79 Å². The third-order valence-electron chi connectivity index (χ3n) is 5.22. The fraction of sp³-hybridized carbons (Fsp3) is 0.556. The molecule has 0 heterocycles. The molecule has 2 aliphatic rings. The Morgan fingerprint density at radius 3 is 2.45 bits per heavy atom. The standard InChI is InChI=1S/C18H23NO3/c20-16(19-15-12-18(15)10-2-1-3-11-18)9-6-13-4-7-14(8-5-13)17(21)22/h4-5,7-8,15H,1-3,6,9-12H2,(H,19,20)(H,21,22). The predicted molar refractivity (Wildman–Crippen MR) is 83.8 cm³/mol. The topological polar surface area (TPSA) is 66.4 Å². The average molecular weight is 301 g/mol. The summed E-state index contributed by atoms with van der Waals surface area (Å²) in [6, 6.07) is 7.16. The molecular weight excluding hydrogens is 278 g/mol. The molecule has 2 N–H and O–H groups in total. The Morgan fingerprint density at radius 1 is 1.14 bits per heavy atom. The van der Waals surface area contributed by atoms with Gasteiger partial charge < -0.3 is 10.4 Å². The summed E-state index contributed by atoms with van der Waals surface area (Å²) in [6.45, 7) is 0. The van der Waals surface area contributed by atoms with Gasteiger partial charge in [-0.1, -0.05) is 31.4 Å². The summed E-state index contributed by atoms with van der Waals surface area (Å²) in [7, 11) is 0. The molecule has 3 rings (SSSR count). The largest absolute Gasteiger partial charge is 0.478 e. The highest BCUT2D eigenvalue weighted by molar-refractivity contribution is 5.87. The second-order valence-electron chi connectivity index (χ2n) is 6.75. The van der Waals surface area contributed by atoms with Gasteiger partial charge in [0, 0.05) is 12.5 Å². The summed E-state index contributed by atoms with van der Waals surface area (Å²) in [5, 5.41) is 12.0. The minimum Gasteiger partial charge on any atom is -0.478 e. The van der Waals surface area contributed by atoms with Crippen LogP contribution in [0.4, 0.5) is 0 Å². The van der Waals surface area contributed by atoms with Crippen LogP contribution in [0.25, 0.3) is 0 Å². The van der Waals surface area contributed by atoms with Crippen molar-refractivity contribution in [2.45, 2.75) is 57.4 Å². The lowest BCUT2D eigenvalue weighted by Crippen LogP contribution is -2.30. The predicted octanol–water partition coefficient (Wildman–Crippen LogP) is 3.16. The number of hydrogen-bond acceptors (Lipinski definition) is 2. The second kappa shape index (κ2) is 6.11. The summed E-state index contributed by atoms with van der Waals surface area (Å²) in [6.07, 6.45) is 8.79. The highest BCUT2D eigenvalue weighted by Gasteiger charge is 2.54. The summed E-state index contributed by atoms with van der Waals surface area (Å²) in [5.74, 6) is -0.800. The van der Waals surface area contributed by atoms with Crippen LogP contribution < -0.4 is 5.32 Å². The van der Waals surface area contributed by atoms with E-state index < -0.39 is 5.97 Å². The van der Waals surface area contributed by atoms with Crippen molar-refractivity contribution in [3.05, 3.63) is 35.4 Å². The van der Waals surface area contributed by atoms with Gasteiger partial charge in [0.05, 0.1) is 5.56 Å². The molecule has 2 fully saturated rings. The van der Waals surface area contributed by atoms with E-state index >= 15 is 0 Å². The molecule has 1 spiro atoms. The third-order valence-corrected chi connectivity index (χ3v) is 5.22. The van der Waals surface area contributed by atoms with Crippen LogP contribution in [-0.2, 0) is 11.2 Å². The first-order chi connectivity index (χ1) is 10.6. The number of amides is 1. The summed E-state index contributed by atoms with van der Waals surface area (Å²) < 4.78 is 0. The van der Waals surface area contributed by atoms with Crippen LogP contribution in [0.1, 0.15) is 60.9 Å². The van der Waals surface area contributed by atoms with Crippen LogP contribution >= 0.6 is 0 Å². The molecule has 1 atom stereocenters. The van der Waals surface area contributed by atoms with E-state index in [1.165, 1.54) is 32.1 Å². The minimum absolute atomic E-state index is 0.120. The summed E-state index contributed by atoms with van der Waals surface area (Å²) >= 11 is 0. The number of benzene rings is 1. The van der Waals surface area contributed by atoms with Crippen LogP contribution in [0, 0.1) is 5.41 Å². The van der Waals surface area contributed by atoms with Gasteiger partial charge in [0.15, 0.2) is 0 Å². The molecule has 0 bridgehead atoms. The van der Waals surface area contributed by atoms with E-state index in [1.807, 2.05) is 0 Å². The van der Waals surface area contributed by atoms with Crippen LogP contribution in [0.15, 0.2) is 24.3 Å². The maximum Gasteiger partial charge on any atom is 0.335 e. The Morgan fingerprint density at radius 2 is 1.82 bits per heavy atom. The molecule has 1 aromatic rings.